The third-order valence-corrected chi connectivity index (χ3v) is 5.21. The molecule has 0 saturated heterocycles. The van der Waals surface area contributed by atoms with E-state index in [4.69, 9.17) is 9.26 Å². The summed E-state index contributed by atoms with van der Waals surface area (Å²) in [7, 11) is -1.88. The van der Waals surface area contributed by atoms with E-state index in [1.165, 1.54) is 7.05 Å². The summed E-state index contributed by atoms with van der Waals surface area (Å²) >= 11 is 0. The molecule has 1 heterocycles. The number of sulfonamides is 1. The molecule has 0 spiro atoms. The van der Waals surface area contributed by atoms with Crippen LogP contribution in [0.3, 0.4) is 0 Å². The summed E-state index contributed by atoms with van der Waals surface area (Å²) in [4.78, 5) is 16.2. The van der Waals surface area contributed by atoms with E-state index in [1.54, 1.807) is 24.3 Å². The molecule has 1 N–H and O–H groups in total. The Morgan fingerprint density at radius 2 is 1.83 bits per heavy atom. The molecule has 0 atom stereocenters. The van der Waals surface area contributed by atoms with E-state index in [-0.39, 0.29) is 24.9 Å². The topological polar surface area (TPSA) is 115 Å². The summed E-state index contributed by atoms with van der Waals surface area (Å²) < 4.78 is 34.7. The molecule has 1 aromatic heterocycles. The minimum atomic E-state index is -3.34. The molecule has 0 unspecified atom stereocenters. The van der Waals surface area contributed by atoms with Crippen molar-refractivity contribution in [3.05, 3.63) is 60.5 Å². The second kappa shape index (κ2) is 8.74. The molecule has 9 nitrogen and oxygen atoms in total. The zero-order valence-electron chi connectivity index (χ0n) is 15.9. The Balaban J connectivity index is 1.47. The van der Waals surface area contributed by atoms with Crippen molar-refractivity contribution in [1.82, 2.24) is 15.5 Å². The quantitative estimate of drug-likeness (QED) is 0.596. The molecule has 0 aliphatic heterocycles. The number of nitrogens with zero attached hydrogens (tertiary/aromatic N) is 3. The predicted octanol–water partition coefficient (Wildman–Crippen LogP) is 1.83. The fourth-order valence-electron chi connectivity index (χ4n) is 2.35. The summed E-state index contributed by atoms with van der Waals surface area (Å²) in [5.74, 6) is 0.812. The van der Waals surface area contributed by atoms with Crippen molar-refractivity contribution in [2.24, 2.45) is 0 Å². The molecule has 0 bridgehead atoms. The number of hydrogen-bond donors (Lipinski definition) is 1. The number of benzene rings is 2. The Kier molecular flexibility index (Phi) is 6.13. The number of hydrogen-bond acceptors (Lipinski definition) is 7. The largest absolute Gasteiger partial charge is 0.484 e. The summed E-state index contributed by atoms with van der Waals surface area (Å²) in [5, 5.41) is 6.52. The van der Waals surface area contributed by atoms with Crippen LogP contribution in [0.15, 0.2) is 59.1 Å². The zero-order valence-corrected chi connectivity index (χ0v) is 16.7. The van der Waals surface area contributed by atoms with Crippen LogP contribution in [0.4, 0.5) is 5.69 Å². The highest BCUT2D eigenvalue weighted by atomic mass is 32.2. The third kappa shape index (κ3) is 5.55. The molecule has 0 fully saturated rings. The first-order chi connectivity index (χ1) is 13.8. The van der Waals surface area contributed by atoms with Gasteiger partial charge in [-0.1, -0.05) is 35.5 Å². The maximum Gasteiger partial charge on any atom is 0.258 e. The van der Waals surface area contributed by atoms with E-state index in [9.17, 15) is 13.2 Å². The lowest BCUT2D eigenvalue weighted by Crippen LogP contribution is -2.28. The van der Waals surface area contributed by atoms with Crippen LogP contribution in [-0.4, -0.2) is 44.4 Å². The van der Waals surface area contributed by atoms with Crippen molar-refractivity contribution >= 4 is 21.6 Å². The maximum atomic E-state index is 12.0. The second-order valence-corrected chi connectivity index (χ2v) is 8.18. The van der Waals surface area contributed by atoms with Crippen LogP contribution in [-0.2, 0) is 21.4 Å². The predicted molar refractivity (Wildman–Crippen MR) is 107 cm³/mol. The van der Waals surface area contributed by atoms with Crippen LogP contribution in [0, 0.1) is 0 Å². The van der Waals surface area contributed by atoms with Gasteiger partial charge >= 0.3 is 0 Å². The van der Waals surface area contributed by atoms with Crippen molar-refractivity contribution in [2.45, 2.75) is 6.54 Å². The minimum absolute atomic E-state index is 0.0835. The molecule has 152 valence electrons. The molecular weight excluding hydrogens is 396 g/mol. The smallest absolute Gasteiger partial charge is 0.258 e. The van der Waals surface area contributed by atoms with E-state index in [0.29, 0.717) is 17.3 Å². The van der Waals surface area contributed by atoms with Gasteiger partial charge < -0.3 is 14.6 Å². The fraction of sp³-hybridized carbons (Fsp3) is 0.211. The molecule has 1 amide bonds. The Morgan fingerprint density at radius 1 is 1.14 bits per heavy atom. The van der Waals surface area contributed by atoms with E-state index < -0.39 is 10.0 Å². The first kappa shape index (κ1) is 20.3. The number of amides is 1. The van der Waals surface area contributed by atoms with Crippen molar-refractivity contribution in [3.63, 3.8) is 0 Å². The number of anilines is 1. The van der Waals surface area contributed by atoms with Gasteiger partial charge in [-0.15, -0.1) is 0 Å². The average molecular weight is 416 g/mol. The van der Waals surface area contributed by atoms with Gasteiger partial charge in [0.15, 0.2) is 6.61 Å². The summed E-state index contributed by atoms with van der Waals surface area (Å²) in [5.41, 5.74) is 1.32. The van der Waals surface area contributed by atoms with Crippen LogP contribution in [0.5, 0.6) is 5.75 Å². The van der Waals surface area contributed by atoms with Crippen LogP contribution in [0.1, 0.15) is 5.89 Å². The molecule has 10 heteroatoms. The van der Waals surface area contributed by atoms with Crippen molar-refractivity contribution in [1.29, 1.82) is 0 Å². The van der Waals surface area contributed by atoms with Gasteiger partial charge in [-0.05, 0) is 24.3 Å². The van der Waals surface area contributed by atoms with E-state index in [0.717, 1.165) is 16.1 Å². The fourth-order valence-corrected chi connectivity index (χ4v) is 2.85. The molecule has 29 heavy (non-hydrogen) atoms. The SMILES string of the molecule is CN(c1ccc(OCC(=O)NCc2nc(-c3ccccc3)no2)cc1)S(C)(=O)=O. The highest BCUT2D eigenvalue weighted by molar-refractivity contribution is 7.92. The van der Waals surface area contributed by atoms with Crippen LogP contribution in [0.2, 0.25) is 0 Å². The van der Waals surface area contributed by atoms with Crippen molar-refractivity contribution in [3.8, 4) is 17.1 Å². The Morgan fingerprint density at radius 3 is 2.48 bits per heavy atom. The van der Waals surface area contributed by atoms with Gasteiger partial charge in [0, 0.05) is 12.6 Å². The van der Waals surface area contributed by atoms with Crippen LogP contribution in [0.25, 0.3) is 11.4 Å². The number of nitrogens with one attached hydrogen (secondary N) is 1. The van der Waals surface area contributed by atoms with Crippen molar-refractivity contribution < 1.29 is 22.5 Å². The summed E-state index contributed by atoms with van der Waals surface area (Å²) in [6.45, 7) is -0.124. The second-order valence-electron chi connectivity index (χ2n) is 6.17. The molecular formula is C19H20N4O5S. The molecule has 0 aliphatic rings. The first-order valence-corrected chi connectivity index (χ1v) is 10.5. The van der Waals surface area contributed by atoms with E-state index >= 15 is 0 Å². The molecule has 0 saturated carbocycles. The number of carbonyl (C=O) groups excluding carboxylic acids is 1. The standard InChI is InChI=1S/C19H20N4O5S/c1-23(29(2,25)26)15-8-10-16(11-9-15)27-13-17(24)20-12-18-21-19(22-28-18)14-6-4-3-5-7-14/h3-11H,12-13H2,1-2H3,(H,20,24). The molecule has 3 rings (SSSR count). The normalized spacial score (nSPS) is 11.1. The first-order valence-electron chi connectivity index (χ1n) is 8.64. The minimum Gasteiger partial charge on any atom is -0.484 e. The van der Waals surface area contributed by atoms with Gasteiger partial charge in [-0.2, -0.15) is 4.98 Å². The van der Waals surface area contributed by atoms with E-state index in [2.05, 4.69) is 15.5 Å². The molecule has 0 aliphatic carbocycles. The molecule has 3 aromatic rings. The lowest BCUT2D eigenvalue weighted by molar-refractivity contribution is -0.123. The number of carbonyl (C=O) groups is 1. The van der Waals surface area contributed by atoms with Gasteiger partial charge in [-0.25, -0.2) is 8.42 Å². The monoisotopic (exact) mass is 416 g/mol. The third-order valence-electron chi connectivity index (χ3n) is 4.00. The van der Waals surface area contributed by atoms with E-state index in [1.807, 2.05) is 30.3 Å². The Bertz CT molecular complexity index is 1070. The zero-order chi connectivity index (χ0) is 20.9. The Hall–Kier alpha value is -3.40. The van der Waals surface area contributed by atoms with Crippen LogP contribution >= 0.6 is 0 Å². The van der Waals surface area contributed by atoms with Crippen LogP contribution < -0.4 is 14.4 Å². The van der Waals surface area contributed by atoms with Gasteiger partial charge in [0.25, 0.3) is 5.91 Å². The van der Waals surface area contributed by atoms with Gasteiger partial charge in [0.05, 0.1) is 18.5 Å². The lowest BCUT2D eigenvalue weighted by atomic mass is 10.2. The summed E-state index contributed by atoms with van der Waals surface area (Å²) in [6.07, 6.45) is 1.12. The lowest BCUT2D eigenvalue weighted by Gasteiger charge is -2.16. The highest BCUT2D eigenvalue weighted by Gasteiger charge is 2.12. The number of rotatable bonds is 8. The highest BCUT2D eigenvalue weighted by Crippen LogP contribution is 2.20. The summed E-state index contributed by atoms with van der Waals surface area (Å²) in [6, 6.07) is 15.7. The molecule has 0 radical (unpaired) electrons. The van der Waals surface area contributed by atoms with Gasteiger partial charge in [0.1, 0.15) is 5.75 Å². The Labute approximate surface area is 168 Å². The van der Waals surface area contributed by atoms with Crippen molar-refractivity contribution in [2.75, 3.05) is 24.2 Å². The maximum absolute atomic E-state index is 12.0. The number of aromatic nitrogens is 2. The average Bonchev–Trinajstić information content (AvgIpc) is 3.20. The number of ether oxygens (including phenoxy) is 1. The molecule has 2 aromatic carbocycles. The van der Waals surface area contributed by atoms with Gasteiger partial charge in [0.2, 0.25) is 21.7 Å². The van der Waals surface area contributed by atoms with Gasteiger partial charge in [-0.3, -0.25) is 9.10 Å².